The van der Waals surface area contributed by atoms with E-state index in [4.69, 9.17) is 5.11 Å². The summed E-state index contributed by atoms with van der Waals surface area (Å²) in [5.41, 5.74) is 1.17. The van der Waals surface area contributed by atoms with E-state index in [1.807, 2.05) is 6.07 Å². The molecule has 0 aliphatic carbocycles. The molecule has 0 atom stereocenters. The fraction of sp³-hybridized carbons (Fsp3) is 0.200. The van der Waals surface area contributed by atoms with Crippen LogP contribution in [-0.2, 0) is 9.63 Å². The summed E-state index contributed by atoms with van der Waals surface area (Å²) in [4.78, 5) is 15.6. The van der Waals surface area contributed by atoms with E-state index in [0.717, 1.165) is 5.56 Å². The van der Waals surface area contributed by atoms with Crippen molar-refractivity contribution in [1.82, 2.24) is 0 Å². The number of oxime groups is 1. The van der Waals surface area contributed by atoms with Crippen molar-refractivity contribution in [3.8, 4) is 0 Å². The van der Waals surface area contributed by atoms with Crippen LogP contribution in [0.1, 0.15) is 14.9 Å². The summed E-state index contributed by atoms with van der Waals surface area (Å²) >= 11 is 6.66. The van der Waals surface area contributed by atoms with Crippen LogP contribution in [0.25, 0.3) is 0 Å². The molecule has 4 nitrogen and oxygen atoms in total. The minimum Gasteiger partial charge on any atom is -0.476 e. The summed E-state index contributed by atoms with van der Waals surface area (Å²) in [5, 5.41) is 12.5. The fourth-order valence-corrected chi connectivity index (χ4v) is 2.00. The molecule has 0 radical (unpaired) electrons. The summed E-state index contributed by atoms with van der Waals surface area (Å²) in [6.45, 7) is 0. The Morgan fingerprint density at radius 1 is 1.44 bits per heavy atom. The van der Waals surface area contributed by atoms with Crippen molar-refractivity contribution in [3.63, 3.8) is 0 Å². The average Bonchev–Trinajstić information content (AvgIpc) is 2.25. The van der Waals surface area contributed by atoms with Gasteiger partial charge in [0.15, 0.2) is 5.71 Å². The van der Waals surface area contributed by atoms with Gasteiger partial charge in [-0.05, 0) is 5.56 Å². The zero-order valence-corrected chi connectivity index (χ0v) is 11.5. The molecule has 0 spiro atoms. The summed E-state index contributed by atoms with van der Waals surface area (Å²) in [5.74, 6) is -1.13. The van der Waals surface area contributed by atoms with Gasteiger partial charge in [0.25, 0.3) is 0 Å². The molecule has 16 heavy (non-hydrogen) atoms. The number of carbonyl (C=O) groups is 1. The van der Waals surface area contributed by atoms with Crippen LogP contribution in [0.5, 0.6) is 0 Å². The van der Waals surface area contributed by atoms with E-state index in [1.165, 1.54) is 7.11 Å². The van der Waals surface area contributed by atoms with E-state index in [9.17, 15) is 4.79 Å². The standard InChI is InChI=1S/C10H9Br2NO3/c1-16-13-8(10(14)15)6-4-2-3-5-7(6)9(11)12/h2-5,9H,1H3,(H,14,15)/b13-8+. The van der Waals surface area contributed by atoms with Crippen molar-refractivity contribution in [1.29, 1.82) is 0 Å². The molecule has 1 N–H and O–H groups in total. The third-order valence-electron chi connectivity index (χ3n) is 1.84. The first-order valence-electron chi connectivity index (χ1n) is 4.29. The van der Waals surface area contributed by atoms with Gasteiger partial charge in [0.2, 0.25) is 0 Å². The highest BCUT2D eigenvalue weighted by molar-refractivity contribution is 9.24. The average molecular weight is 351 g/mol. The minimum absolute atomic E-state index is 0.123. The number of aliphatic carboxylic acids is 1. The molecule has 1 aromatic carbocycles. The van der Waals surface area contributed by atoms with Gasteiger partial charge in [-0.1, -0.05) is 61.3 Å². The Morgan fingerprint density at radius 2 is 2.06 bits per heavy atom. The van der Waals surface area contributed by atoms with Crippen LogP contribution in [0.3, 0.4) is 0 Å². The number of halogens is 2. The van der Waals surface area contributed by atoms with E-state index in [-0.39, 0.29) is 9.45 Å². The third kappa shape index (κ3) is 3.05. The van der Waals surface area contributed by atoms with Crippen LogP contribution in [0.2, 0.25) is 0 Å². The first-order valence-corrected chi connectivity index (χ1v) is 6.13. The number of carboxylic acids is 1. The van der Waals surface area contributed by atoms with Crippen molar-refractivity contribution >= 4 is 43.5 Å². The van der Waals surface area contributed by atoms with Gasteiger partial charge in [-0.15, -0.1) is 0 Å². The van der Waals surface area contributed by atoms with E-state index in [1.54, 1.807) is 18.2 Å². The van der Waals surface area contributed by atoms with E-state index in [2.05, 4.69) is 41.9 Å². The van der Waals surface area contributed by atoms with Gasteiger partial charge in [-0.2, -0.15) is 0 Å². The molecule has 0 saturated carbocycles. The highest BCUT2D eigenvalue weighted by atomic mass is 79.9. The Bertz CT molecular complexity index is 418. The number of rotatable bonds is 4. The largest absolute Gasteiger partial charge is 0.476 e. The first kappa shape index (κ1) is 13.2. The van der Waals surface area contributed by atoms with Crippen LogP contribution in [0.4, 0.5) is 0 Å². The Kier molecular flexibility index (Phi) is 4.95. The quantitative estimate of drug-likeness (QED) is 0.516. The first-order chi connectivity index (χ1) is 7.57. The maximum Gasteiger partial charge on any atom is 0.358 e. The second kappa shape index (κ2) is 6.00. The molecule has 0 heterocycles. The number of hydrogen-bond acceptors (Lipinski definition) is 3. The van der Waals surface area contributed by atoms with E-state index < -0.39 is 5.97 Å². The summed E-state index contributed by atoms with van der Waals surface area (Å²) in [6, 6.07) is 7.05. The van der Waals surface area contributed by atoms with E-state index >= 15 is 0 Å². The summed E-state index contributed by atoms with van der Waals surface area (Å²) in [7, 11) is 1.31. The van der Waals surface area contributed by atoms with Crippen molar-refractivity contribution in [3.05, 3.63) is 35.4 Å². The Morgan fingerprint density at radius 3 is 2.56 bits per heavy atom. The predicted molar refractivity (Wildman–Crippen MR) is 68.2 cm³/mol. The second-order valence-corrected chi connectivity index (χ2v) is 5.88. The zero-order valence-electron chi connectivity index (χ0n) is 8.35. The van der Waals surface area contributed by atoms with Crippen LogP contribution >= 0.6 is 31.9 Å². The van der Waals surface area contributed by atoms with Gasteiger partial charge in [0, 0.05) is 5.56 Å². The molecule has 0 amide bonds. The number of alkyl halides is 2. The minimum atomic E-state index is -1.13. The number of nitrogens with zero attached hydrogens (tertiary/aromatic N) is 1. The zero-order chi connectivity index (χ0) is 12.1. The molecule has 0 saturated heterocycles. The van der Waals surface area contributed by atoms with Gasteiger partial charge in [0.05, 0.1) is 3.74 Å². The molecule has 0 fully saturated rings. The van der Waals surface area contributed by atoms with Crippen LogP contribution < -0.4 is 0 Å². The summed E-state index contributed by atoms with van der Waals surface area (Å²) < 4.78 is -0.141. The van der Waals surface area contributed by atoms with Gasteiger partial charge >= 0.3 is 5.97 Å². The van der Waals surface area contributed by atoms with Crippen molar-refractivity contribution in [2.75, 3.05) is 7.11 Å². The number of carboxylic acid groups (broad SMARTS) is 1. The molecule has 1 rings (SSSR count). The highest BCUT2D eigenvalue weighted by Crippen LogP contribution is 2.31. The molecular weight excluding hydrogens is 342 g/mol. The molecule has 0 aliphatic heterocycles. The lowest BCUT2D eigenvalue weighted by Gasteiger charge is -2.09. The summed E-state index contributed by atoms with van der Waals surface area (Å²) in [6.07, 6.45) is 0. The lowest BCUT2D eigenvalue weighted by Crippen LogP contribution is -2.16. The molecule has 0 bridgehead atoms. The second-order valence-electron chi connectivity index (χ2n) is 2.82. The highest BCUT2D eigenvalue weighted by Gasteiger charge is 2.19. The lowest BCUT2D eigenvalue weighted by atomic mass is 10.0. The SMILES string of the molecule is CO/N=C(/C(=O)O)c1ccccc1C(Br)Br. The third-order valence-corrected chi connectivity index (χ3v) is 2.82. The topological polar surface area (TPSA) is 58.9 Å². The predicted octanol–water partition coefficient (Wildman–Crippen LogP) is 2.91. The van der Waals surface area contributed by atoms with Crippen molar-refractivity contribution in [2.45, 2.75) is 3.74 Å². The maximum atomic E-state index is 11.0. The van der Waals surface area contributed by atoms with Crippen LogP contribution in [0.15, 0.2) is 29.4 Å². The molecule has 0 aromatic heterocycles. The molecule has 1 aromatic rings. The van der Waals surface area contributed by atoms with Crippen LogP contribution in [0, 0.1) is 0 Å². The monoisotopic (exact) mass is 349 g/mol. The van der Waals surface area contributed by atoms with Crippen molar-refractivity contribution in [2.24, 2.45) is 5.16 Å². The van der Waals surface area contributed by atoms with Gasteiger partial charge in [-0.25, -0.2) is 4.79 Å². The van der Waals surface area contributed by atoms with Crippen LogP contribution in [-0.4, -0.2) is 23.9 Å². The van der Waals surface area contributed by atoms with Gasteiger partial charge in [-0.3, -0.25) is 0 Å². The molecular formula is C10H9Br2NO3. The Labute approximate surface area is 110 Å². The molecule has 6 heteroatoms. The lowest BCUT2D eigenvalue weighted by molar-refractivity contribution is -0.129. The molecule has 86 valence electrons. The molecule has 0 unspecified atom stereocenters. The van der Waals surface area contributed by atoms with Gasteiger partial charge in [0.1, 0.15) is 7.11 Å². The Balaban J connectivity index is 3.30. The molecule has 0 aliphatic rings. The van der Waals surface area contributed by atoms with E-state index in [0.29, 0.717) is 5.56 Å². The number of benzene rings is 1. The Hall–Kier alpha value is -0.880. The smallest absolute Gasteiger partial charge is 0.358 e. The maximum absolute atomic E-state index is 11.0. The van der Waals surface area contributed by atoms with Gasteiger partial charge < -0.3 is 9.94 Å². The fourth-order valence-electron chi connectivity index (χ4n) is 1.20. The number of hydrogen-bond donors (Lipinski definition) is 1. The van der Waals surface area contributed by atoms with Crippen molar-refractivity contribution < 1.29 is 14.7 Å². The normalized spacial score (nSPS) is 11.6.